The molecule has 0 atom stereocenters. The van der Waals surface area contributed by atoms with Crippen molar-refractivity contribution < 1.29 is 13.2 Å². The van der Waals surface area contributed by atoms with Crippen LogP contribution in [0, 0.1) is 4.77 Å². The molecule has 0 radical (unpaired) electrons. The number of nitrogens with one attached hydrogen (secondary N) is 1. The summed E-state index contributed by atoms with van der Waals surface area (Å²) >= 11 is 5.21. The van der Waals surface area contributed by atoms with Crippen LogP contribution in [0.5, 0.6) is 5.75 Å². The minimum Gasteiger partial charge on any atom is -0.494 e. The maximum Gasteiger partial charge on any atom is 0.178 e. The van der Waals surface area contributed by atoms with Crippen molar-refractivity contribution in [3.8, 4) is 5.75 Å². The zero-order valence-corrected chi connectivity index (χ0v) is 11.8. The number of hydrogen-bond donors (Lipinski definition) is 1. The zero-order chi connectivity index (χ0) is 13.3. The molecule has 18 heavy (non-hydrogen) atoms. The first-order chi connectivity index (χ1) is 8.42. The predicted octanol–water partition coefficient (Wildman–Crippen LogP) is 1.75. The van der Waals surface area contributed by atoms with Gasteiger partial charge in [0.25, 0.3) is 0 Å². The van der Waals surface area contributed by atoms with Crippen molar-refractivity contribution in [2.45, 2.75) is 6.54 Å². The van der Waals surface area contributed by atoms with Crippen molar-refractivity contribution >= 4 is 33.1 Å². The van der Waals surface area contributed by atoms with Gasteiger partial charge in [0.15, 0.2) is 4.77 Å². The van der Waals surface area contributed by atoms with E-state index in [1.54, 1.807) is 11.7 Å². The maximum absolute atomic E-state index is 11.2. The molecule has 2 aromatic rings. The van der Waals surface area contributed by atoms with Crippen molar-refractivity contribution in [1.82, 2.24) is 9.55 Å². The van der Waals surface area contributed by atoms with E-state index in [0.717, 1.165) is 11.0 Å². The summed E-state index contributed by atoms with van der Waals surface area (Å²) in [6.07, 6.45) is 1.21. The number of nitrogens with zero attached hydrogens (tertiary/aromatic N) is 1. The topological polar surface area (TPSA) is 64.1 Å². The number of sulfone groups is 1. The number of aromatic nitrogens is 2. The van der Waals surface area contributed by atoms with Gasteiger partial charge >= 0.3 is 0 Å². The Morgan fingerprint density at radius 1 is 1.44 bits per heavy atom. The number of rotatable bonds is 4. The SMILES string of the molecule is COc1cccc2c1[nH]c(=S)n2CCS(C)(=O)=O. The summed E-state index contributed by atoms with van der Waals surface area (Å²) < 4.78 is 29.9. The van der Waals surface area contributed by atoms with E-state index in [-0.39, 0.29) is 5.75 Å². The first-order valence-electron chi connectivity index (χ1n) is 5.35. The lowest BCUT2D eigenvalue weighted by atomic mass is 10.3. The highest BCUT2D eigenvalue weighted by Gasteiger charge is 2.10. The normalized spacial score (nSPS) is 11.9. The fourth-order valence-corrected chi connectivity index (χ4v) is 2.61. The van der Waals surface area contributed by atoms with Crippen LogP contribution in [0.3, 0.4) is 0 Å². The third kappa shape index (κ3) is 2.56. The summed E-state index contributed by atoms with van der Waals surface area (Å²) in [6, 6.07) is 5.56. The summed E-state index contributed by atoms with van der Waals surface area (Å²) in [5.74, 6) is 0.752. The number of fused-ring (bicyclic) bond motifs is 1. The number of benzene rings is 1. The van der Waals surface area contributed by atoms with Crippen LogP contribution < -0.4 is 4.74 Å². The van der Waals surface area contributed by atoms with E-state index in [9.17, 15) is 8.42 Å². The van der Waals surface area contributed by atoms with Crippen molar-refractivity contribution in [3.63, 3.8) is 0 Å². The zero-order valence-electron chi connectivity index (χ0n) is 10.1. The third-order valence-corrected chi connectivity index (χ3v) is 3.92. The molecule has 0 aliphatic heterocycles. The minimum atomic E-state index is -3.01. The van der Waals surface area contributed by atoms with Gasteiger partial charge in [-0.05, 0) is 24.4 Å². The second kappa shape index (κ2) is 4.74. The molecular formula is C11H14N2O3S2. The molecule has 0 aliphatic rings. The van der Waals surface area contributed by atoms with Gasteiger partial charge in [-0.3, -0.25) is 0 Å². The van der Waals surface area contributed by atoms with E-state index in [2.05, 4.69) is 4.98 Å². The molecule has 98 valence electrons. The number of H-pyrrole nitrogens is 1. The second-order valence-corrected chi connectivity index (χ2v) is 6.71. The fourth-order valence-electron chi connectivity index (χ4n) is 1.80. The van der Waals surface area contributed by atoms with Crippen LogP contribution in [0.2, 0.25) is 0 Å². The van der Waals surface area contributed by atoms with Gasteiger partial charge in [-0.15, -0.1) is 0 Å². The number of ether oxygens (including phenoxy) is 1. The molecular weight excluding hydrogens is 272 g/mol. The van der Waals surface area contributed by atoms with Gasteiger partial charge in [-0.2, -0.15) is 0 Å². The van der Waals surface area contributed by atoms with Crippen molar-refractivity contribution in [1.29, 1.82) is 0 Å². The van der Waals surface area contributed by atoms with Crippen molar-refractivity contribution in [3.05, 3.63) is 23.0 Å². The van der Waals surface area contributed by atoms with E-state index in [0.29, 0.717) is 17.1 Å². The van der Waals surface area contributed by atoms with E-state index in [1.165, 1.54) is 6.26 Å². The molecule has 1 N–H and O–H groups in total. The number of para-hydroxylation sites is 1. The summed E-state index contributed by atoms with van der Waals surface area (Å²) in [7, 11) is -1.43. The van der Waals surface area contributed by atoms with Crippen molar-refractivity contribution in [2.24, 2.45) is 0 Å². The first kappa shape index (κ1) is 13.1. The van der Waals surface area contributed by atoms with Gasteiger partial charge < -0.3 is 14.3 Å². The molecule has 0 spiro atoms. The average Bonchev–Trinajstić information content (AvgIpc) is 2.61. The largest absolute Gasteiger partial charge is 0.494 e. The highest BCUT2D eigenvalue weighted by Crippen LogP contribution is 2.24. The number of aryl methyl sites for hydroxylation is 1. The van der Waals surface area contributed by atoms with Gasteiger partial charge in [0.2, 0.25) is 0 Å². The van der Waals surface area contributed by atoms with Crippen LogP contribution in [-0.2, 0) is 16.4 Å². The number of imidazole rings is 1. The lowest BCUT2D eigenvalue weighted by Crippen LogP contribution is -2.11. The Morgan fingerprint density at radius 3 is 2.78 bits per heavy atom. The maximum atomic E-state index is 11.2. The molecule has 0 bridgehead atoms. The average molecular weight is 286 g/mol. The standard InChI is InChI=1S/C11H14N2O3S2/c1-16-9-5-3-4-8-10(9)12-11(17)13(8)6-7-18(2,14)15/h3-5H,6-7H2,1-2H3,(H,12,17). The Morgan fingerprint density at radius 2 is 2.17 bits per heavy atom. The number of methoxy groups -OCH3 is 1. The third-order valence-electron chi connectivity index (χ3n) is 2.68. The van der Waals surface area contributed by atoms with E-state index in [1.807, 2.05) is 18.2 Å². The highest BCUT2D eigenvalue weighted by molar-refractivity contribution is 7.90. The van der Waals surface area contributed by atoms with E-state index in [4.69, 9.17) is 17.0 Å². The lowest BCUT2D eigenvalue weighted by molar-refractivity contribution is 0.419. The van der Waals surface area contributed by atoms with Crippen LogP contribution in [0.1, 0.15) is 0 Å². The highest BCUT2D eigenvalue weighted by atomic mass is 32.2. The van der Waals surface area contributed by atoms with Crippen LogP contribution in [0.4, 0.5) is 0 Å². The summed E-state index contributed by atoms with van der Waals surface area (Å²) in [4.78, 5) is 3.04. The molecule has 7 heteroatoms. The Kier molecular flexibility index (Phi) is 3.45. The molecule has 0 aliphatic carbocycles. The number of hydrogen-bond acceptors (Lipinski definition) is 4. The lowest BCUT2D eigenvalue weighted by Gasteiger charge is -2.04. The van der Waals surface area contributed by atoms with Crippen LogP contribution in [0.25, 0.3) is 11.0 Å². The van der Waals surface area contributed by atoms with E-state index < -0.39 is 9.84 Å². The Balaban J connectivity index is 2.51. The van der Waals surface area contributed by atoms with Gasteiger partial charge in [0.05, 0.1) is 18.4 Å². The van der Waals surface area contributed by atoms with Gasteiger partial charge in [-0.1, -0.05) is 6.07 Å². The second-order valence-electron chi connectivity index (χ2n) is 4.07. The summed E-state index contributed by atoms with van der Waals surface area (Å²) in [5, 5.41) is 0. The monoisotopic (exact) mass is 286 g/mol. The van der Waals surface area contributed by atoms with Gasteiger partial charge in [0.1, 0.15) is 21.1 Å². The number of aromatic amines is 1. The Bertz CT molecular complexity index is 728. The minimum absolute atomic E-state index is 0.0610. The molecule has 0 unspecified atom stereocenters. The summed E-state index contributed by atoms with van der Waals surface area (Å²) in [5.41, 5.74) is 1.64. The molecule has 5 nitrogen and oxygen atoms in total. The first-order valence-corrected chi connectivity index (χ1v) is 7.82. The molecule has 1 aromatic carbocycles. The predicted molar refractivity (Wildman–Crippen MR) is 73.4 cm³/mol. The molecule has 0 fully saturated rings. The van der Waals surface area contributed by atoms with Crippen LogP contribution in [0.15, 0.2) is 18.2 Å². The van der Waals surface area contributed by atoms with E-state index >= 15 is 0 Å². The van der Waals surface area contributed by atoms with Crippen LogP contribution in [-0.4, -0.2) is 37.1 Å². The Labute approximate surface area is 110 Å². The molecule has 1 aromatic heterocycles. The molecule has 2 rings (SSSR count). The van der Waals surface area contributed by atoms with Gasteiger partial charge in [-0.25, -0.2) is 8.42 Å². The van der Waals surface area contributed by atoms with Gasteiger partial charge in [0, 0.05) is 12.8 Å². The Hall–Kier alpha value is -1.34. The molecule has 0 saturated carbocycles. The fraction of sp³-hybridized carbons (Fsp3) is 0.364. The van der Waals surface area contributed by atoms with Crippen molar-refractivity contribution in [2.75, 3.05) is 19.1 Å². The molecule has 0 saturated heterocycles. The molecule has 0 amide bonds. The molecule has 1 heterocycles. The smallest absolute Gasteiger partial charge is 0.178 e. The van der Waals surface area contributed by atoms with Crippen LogP contribution >= 0.6 is 12.2 Å². The summed E-state index contributed by atoms with van der Waals surface area (Å²) in [6.45, 7) is 0.338. The quantitative estimate of drug-likeness (QED) is 0.870.